The second-order valence-electron chi connectivity index (χ2n) is 4.27. The van der Waals surface area contributed by atoms with Crippen molar-refractivity contribution in [2.75, 3.05) is 17.2 Å². The summed E-state index contributed by atoms with van der Waals surface area (Å²) < 4.78 is 12.8. The zero-order chi connectivity index (χ0) is 15.2. The lowest BCUT2D eigenvalue weighted by atomic mass is 10.3. The van der Waals surface area contributed by atoms with Gasteiger partial charge in [0.1, 0.15) is 23.1 Å². The number of rotatable bonds is 5. The van der Waals surface area contributed by atoms with Crippen molar-refractivity contribution in [1.29, 1.82) is 0 Å². The van der Waals surface area contributed by atoms with E-state index in [2.05, 4.69) is 20.6 Å². The lowest BCUT2D eigenvalue weighted by Gasteiger charge is -2.08. The highest BCUT2D eigenvalue weighted by Gasteiger charge is 2.14. The van der Waals surface area contributed by atoms with Gasteiger partial charge in [-0.05, 0) is 30.7 Å². The number of hydrogen-bond acceptors (Lipinski definition) is 4. The van der Waals surface area contributed by atoms with Crippen LogP contribution < -0.4 is 10.6 Å². The first kappa shape index (κ1) is 15.2. The van der Waals surface area contributed by atoms with E-state index in [1.807, 2.05) is 6.92 Å². The first-order valence-corrected chi connectivity index (χ1v) is 6.81. The van der Waals surface area contributed by atoms with E-state index in [1.165, 1.54) is 12.1 Å². The number of pyridine rings is 2. The molecule has 21 heavy (non-hydrogen) atoms. The number of hydrogen-bond donors (Lipinski definition) is 2. The van der Waals surface area contributed by atoms with Crippen LogP contribution in [-0.4, -0.2) is 22.4 Å². The fourth-order valence-corrected chi connectivity index (χ4v) is 1.77. The average Bonchev–Trinajstić information content (AvgIpc) is 2.48. The fourth-order valence-electron chi connectivity index (χ4n) is 1.58. The fraction of sp³-hybridized carbons (Fsp3) is 0.214. The molecular formula is C14H14ClFN4O. The van der Waals surface area contributed by atoms with Gasteiger partial charge in [0.15, 0.2) is 0 Å². The highest BCUT2D eigenvalue weighted by atomic mass is 35.5. The predicted octanol–water partition coefficient (Wildman–Crippen LogP) is 3.34. The first-order valence-electron chi connectivity index (χ1n) is 6.43. The Labute approximate surface area is 126 Å². The molecule has 0 fully saturated rings. The molecular weight excluding hydrogens is 295 g/mol. The Morgan fingerprint density at radius 1 is 1.29 bits per heavy atom. The molecule has 0 unspecified atom stereocenters. The zero-order valence-electron chi connectivity index (χ0n) is 11.4. The molecule has 0 radical (unpaired) electrons. The van der Waals surface area contributed by atoms with E-state index in [0.717, 1.165) is 19.2 Å². The van der Waals surface area contributed by atoms with Gasteiger partial charge in [-0.25, -0.2) is 14.4 Å². The summed E-state index contributed by atoms with van der Waals surface area (Å²) in [7, 11) is 0. The van der Waals surface area contributed by atoms with E-state index >= 15 is 0 Å². The summed E-state index contributed by atoms with van der Waals surface area (Å²) in [5.41, 5.74) is 0.0869. The van der Waals surface area contributed by atoms with Crippen LogP contribution in [0.2, 0.25) is 5.02 Å². The summed E-state index contributed by atoms with van der Waals surface area (Å²) >= 11 is 5.99. The van der Waals surface area contributed by atoms with Gasteiger partial charge < -0.3 is 10.6 Å². The maximum atomic E-state index is 12.8. The number of anilines is 2. The molecule has 0 spiro atoms. The quantitative estimate of drug-likeness (QED) is 0.889. The van der Waals surface area contributed by atoms with E-state index in [0.29, 0.717) is 5.82 Å². The van der Waals surface area contributed by atoms with Crippen LogP contribution in [0.3, 0.4) is 0 Å². The molecule has 7 heteroatoms. The van der Waals surface area contributed by atoms with Crippen LogP contribution in [0.4, 0.5) is 16.0 Å². The molecule has 110 valence electrons. The summed E-state index contributed by atoms with van der Waals surface area (Å²) in [4.78, 5) is 20.0. The summed E-state index contributed by atoms with van der Waals surface area (Å²) in [6.07, 6.45) is 1.95. The molecule has 2 aromatic rings. The Bertz CT molecular complexity index is 633. The highest BCUT2D eigenvalue weighted by Crippen LogP contribution is 2.18. The second-order valence-corrected chi connectivity index (χ2v) is 4.68. The number of amides is 1. The molecule has 1 amide bonds. The van der Waals surface area contributed by atoms with Crippen molar-refractivity contribution in [3.8, 4) is 0 Å². The molecule has 0 aliphatic carbocycles. The molecule has 2 aromatic heterocycles. The number of carbonyl (C=O) groups is 1. The van der Waals surface area contributed by atoms with E-state index in [4.69, 9.17) is 11.6 Å². The molecule has 0 saturated heterocycles. The Morgan fingerprint density at radius 3 is 2.71 bits per heavy atom. The Morgan fingerprint density at radius 2 is 2.05 bits per heavy atom. The third-order valence-corrected chi connectivity index (χ3v) is 2.89. The minimum absolute atomic E-state index is 0.0869. The number of carbonyl (C=O) groups excluding carboxylic acids is 1. The van der Waals surface area contributed by atoms with E-state index < -0.39 is 11.7 Å². The van der Waals surface area contributed by atoms with Crippen molar-refractivity contribution in [1.82, 2.24) is 9.97 Å². The van der Waals surface area contributed by atoms with Crippen molar-refractivity contribution in [3.63, 3.8) is 0 Å². The van der Waals surface area contributed by atoms with Gasteiger partial charge in [-0.1, -0.05) is 18.5 Å². The second kappa shape index (κ2) is 6.99. The van der Waals surface area contributed by atoms with Crippen LogP contribution in [0.5, 0.6) is 0 Å². The maximum absolute atomic E-state index is 12.8. The van der Waals surface area contributed by atoms with Gasteiger partial charge in [-0.3, -0.25) is 4.79 Å². The largest absolute Gasteiger partial charge is 0.370 e. The van der Waals surface area contributed by atoms with Crippen LogP contribution in [0.25, 0.3) is 0 Å². The summed E-state index contributed by atoms with van der Waals surface area (Å²) in [5.74, 6) is -0.182. The van der Waals surface area contributed by atoms with Gasteiger partial charge in [0, 0.05) is 6.54 Å². The van der Waals surface area contributed by atoms with E-state index in [-0.39, 0.29) is 16.5 Å². The number of nitrogens with one attached hydrogen (secondary N) is 2. The lowest BCUT2D eigenvalue weighted by molar-refractivity contribution is 0.102. The minimum atomic E-state index is -0.501. The molecule has 2 heterocycles. The monoisotopic (exact) mass is 308 g/mol. The Hall–Kier alpha value is -2.21. The molecule has 0 aromatic carbocycles. The third-order valence-electron chi connectivity index (χ3n) is 2.59. The lowest BCUT2D eigenvalue weighted by Crippen LogP contribution is -2.16. The van der Waals surface area contributed by atoms with Crippen molar-refractivity contribution >= 4 is 29.1 Å². The van der Waals surface area contributed by atoms with Gasteiger partial charge >= 0.3 is 0 Å². The third kappa shape index (κ3) is 4.13. The maximum Gasteiger partial charge on any atom is 0.277 e. The van der Waals surface area contributed by atoms with Crippen LogP contribution >= 0.6 is 11.6 Å². The Balaban J connectivity index is 2.15. The smallest absolute Gasteiger partial charge is 0.277 e. The van der Waals surface area contributed by atoms with E-state index in [9.17, 15) is 9.18 Å². The molecule has 0 aliphatic heterocycles. The summed E-state index contributed by atoms with van der Waals surface area (Å²) in [6.45, 7) is 2.77. The van der Waals surface area contributed by atoms with Crippen LogP contribution in [0.1, 0.15) is 23.8 Å². The van der Waals surface area contributed by atoms with Crippen LogP contribution in [0, 0.1) is 5.82 Å². The molecule has 0 saturated carbocycles. The topological polar surface area (TPSA) is 66.9 Å². The molecule has 0 bridgehead atoms. The summed E-state index contributed by atoms with van der Waals surface area (Å²) in [6, 6.07) is 5.86. The molecule has 2 rings (SSSR count). The van der Waals surface area contributed by atoms with Crippen LogP contribution in [0.15, 0.2) is 30.5 Å². The van der Waals surface area contributed by atoms with Gasteiger partial charge in [0.05, 0.1) is 11.2 Å². The van der Waals surface area contributed by atoms with Gasteiger partial charge in [-0.15, -0.1) is 0 Å². The average molecular weight is 309 g/mol. The molecule has 2 N–H and O–H groups in total. The first-order chi connectivity index (χ1) is 10.1. The van der Waals surface area contributed by atoms with Gasteiger partial charge in [0.2, 0.25) is 0 Å². The molecule has 0 aliphatic rings. The SMILES string of the molecule is CCCNc1ccc(Cl)c(C(=O)Nc2ccc(F)cn2)n1. The van der Waals surface area contributed by atoms with Gasteiger partial charge in [-0.2, -0.15) is 0 Å². The zero-order valence-corrected chi connectivity index (χ0v) is 12.1. The predicted molar refractivity (Wildman–Crippen MR) is 80.2 cm³/mol. The summed E-state index contributed by atoms with van der Waals surface area (Å²) in [5, 5.41) is 5.82. The standard InChI is InChI=1S/C14H14ClFN4O/c1-2-7-17-11-6-4-10(15)13(19-11)14(21)20-12-5-3-9(16)8-18-12/h3-6,8H,2,7H2,1H3,(H,17,19)(H,18,20,21). The number of nitrogens with zero attached hydrogens (tertiary/aromatic N) is 2. The number of halogens is 2. The van der Waals surface area contributed by atoms with E-state index in [1.54, 1.807) is 12.1 Å². The molecule has 0 atom stereocenters. The minimum Gasteiger partial charge on any atom is -0.370 e. The van der Waals surface area contributed by atoms with Crippen molar-refractivity contribution in [2.45, 2.75) is 13.3 Å². The van der Waals surface area contributed by atoms with Gasteiger partial charge in [0.25, 0.3) is 5.91 Å². The normalized spacial score (nSPS) is 10.2. The van der Waals surface area contributed by atoms with Crippen molar-refractivity contribution in [2.24, 2.45) is 0 Å². The highest BCUT2D eigenvalue weighted by molar-refractivity contribution is 6.34. The molecule has 5 nitrogen and oxygen atoms in total. The number of aromatic nitrogens is 2. The Kier molecular flexibility index (Phi) is 5.05. The van der Waals surface area contributed by atoms with Crippen molar-refractivity contribution in [3.05, 3.63) is 47.0 Å². The van der Waals surface area contributed by atoms with Crippen molar-refractivity contribution < 1.29 is 9.18 Å². The van der Waals surface area contributed by atoms with Crippen LogP contribution in [-0.2, 0) is 0 Å².